The third-order valence-electron chi connectivity index (χ3n) is 4.47. The summed E-state index contributed by atoms with van der Waals surface area (Å²) in [6.45, 7) is 4.08. The van der Waals surface area contributed by atoms with E-state index in [-0.39, 0.29) is 0 Å². The molecule has 0 N–H and O–H groups in total. The van der Waals surface area contributed by atoms with Crippen molar-refractivity contribution in [2.75, 3.05) is 0 Å². The number of aromatic nitrogens is 2. The van der Waals surface area contributed by atoms with Gasteiger partial charge in [-0.25, -0.2) is 9.97 Å². The minimum Gasteiger partial charge on any atom is -0.436 e. The van der Waals surface area contributed by atoms with Gasteiger partial charge in [-0.3, -0.25) is 0 Å². The van der Waals surface area contributed by atoms with Gasteiger partial charge in [0.1, 0.15) is 11.0 Å². The van der Waals surface area contributed by atoms with E-state index in [1.165, 1.54) is 0 Å². The number of fused-ring (bicyclic) bond motifs is 2. The maximum atomic E-state index is 5.89. The smallest absolute Gasteiger partial charge is 0.227 e. The minimum atomic E-state index is 0.616. The largest absolute Gasteiger partial charge is 0.436 e. The highest BCUT2D eigenvalue weighted by Crippen LogP contribution is 2.29. The molecule has 4 nitrogen and oxygen atoms in total. The molecular weight excluding hydrogens is 324 g/mol. The Morgan fingerprint density at radius 3 is 1.42 bits per heavy atom. The Hall–Kier alpha value is -3.40. The van der Waals surface area contributed by atoms with E-state index in [0.29, 0.717) is 11.8 Å². The molecule has 2 heterocycles. The number of benzene rings is 3. The molecular formula is C22H16N2O2. The van der Waals surface area contributed by atoms with Gasteiger partial charge in [-0.2, -0.15) is 0 Å². The summed E-state index contributed by atoms with van der Waals surface area (Å²) in [6.07, 6.45) is 0. The summed E-state index contributed by atoms with van der Waals surface area (Å²) in [6, 6.07) is 19.9. The molecule has 0 aliphatic rings. The van der Waals surface area contributed by atoms with Crippen LogP contribution in [0.25, 0.3) is 45.1 Å². The molecule has 0 saturated carbocycles. The summed E-state index contributed by atoms with van der Waals surface area (Å²) in [5.74, 6) is 1.23. The zero-order valence-electron chi connectivity index (χ0n) is 14.5. The SMILES string of the molecule is Cc1ccc2nc(-c3ccc(-c4nc5ccc(C)cc5o4)cc3)oc2c1. The van der Waals surface area contributed by atoms with Crippen LogP contribution >= 0.6 is 0 Å². The van der Waals surface area contributed by atoms with Crippen molar-refractivity contribution in [2.24, 2.45) is 0 Å². The number of nitrogens with zero attached hydrogens (tertiary/aromatic N) is 2. The van der Waals surface area contributed by atoms with Crippen molar-refractivity contribution < 1.29 is 8.83 Å². The summed E-state index contributed by atoms with van der Waals surface area (Å²) in [4.78, 5) is 9.13. The number of oxazole rings is 2. The second-order valence-electron chi connectivity index (χ2n) is 6.56. The Morgan fingerprint density at radius 2 is 1.00 bits per heavy atom. The van der Waals surface area contributed by atoms with Crippen LogP contribution in [0.3, 0.4) is 0 Å². The molecule has 0 amide bonds. The van der Waals surface area contributed by atoms with Crippen LogP contribution in [-0.4, -0.2) is 9.97 Å². The molecule has 0 aliphatic carbocycles. The van der Waals surface area contributed by atoms with E-state index in [2.05, 4.69) is 9.97 Å². The van der Waals surface area contributed by atoms with Gasteiger partial charge >= 0.3 is 0 Å². The first kappa shape index (κ1) is 14.9. The Kier molecular flexibility index (Phi) is 3.19. The van der Waals surface area contributed by atoms with Crippen molar-refractivity contribution in [3.63, 3.8) is 0 Å². The topological polar surface area (TPSA) is 52.1 Å². The van der Waals surface area contributed by atoms with Gasteiger partial charge in [0.15, 0.2) is 11.2 Å². The first-order valence-corrected chi connectivity index (χ1v) is 8.51. The third kappa shape index (κ3) is 2.47. The van der Waals surface area contributed by atoms with Gasteiger partial charge in [-0.1, -0.05) is 12.1 Å². The van der Waals surface area contributed by atoms with Gasteiger partial charge in [0, 0.05) is 11.1 Å². The molecule has 0 radical (unpaired) electrons. The first-order chi connectivity index (χ1) is 12.7. The standard InChI is InChI=1S/C22H16N2O2/c1-13-3-9-17-19(11-13)25-21(23-17)15-5-7-16(8-6-15)22-24-18-10-4-14(2)12-20(18)26-22/h3-12H,1-2H3. The highest BCUT2D eigenvalue weighted by Gasteiger charge is 2.11. The van der Waals surface area contributed by atoms with E-state index in [1.807, 2.05) is 74.5 Å². The normalized spacial score (nSPS) is 11.5. The summed E-state index contributed by atoms with van der Waals surface area (Å²) < 4.78 is 11.8. The van der Waals surface area contributed by atoms with Crippen molar-refractivity contribution >= 4 is 22.2 Å². The fourth-order valence-electron chi connectivity index (χ4n) is 3.07. The molecule has 26 heavy (non-hydrogen) atoms. The van der Waals surface area contributed by atoms with Crippen molar-refractivity contribution in [1.29, 1.82) is 0 Å². The zero-order chi connectivity index (χ0) is 17.7. The summed E-state index contributed by atoms with van der Waals surface area (Å²) in [7, 11) is 0. The zero-order valence-corrected chi connectivity index (χ0v) is 14.5. The van der Waals surface area contributed by atoms with Crippen LogP contribution in [-0.2, 0) is 0 Å². The van der Waals surface area contributed by atoms with Gasteiger partial charge in [0.2, 0.25) is 11.8 Å². The number of aryl methyl sites for hydroxylation is 2. The fraction of sp³-hybridized carbons (Fsp3) is 0.0909. The monoisotopic (exact) mass is 340 g/mol. The van der Waals surface area contributed by atoms with E-state index in [0.717, 1.165) is 44.5 Å². The minimum absolute atomic E-state index is 0.616. The summed E-state index contributed by atoms with van der Waals surface area (Å²) in [5, 5.41) is 0. The second kappa shape index (κ2) is 5.56. The average molecular weight is 340 g/mol. The van der Waals surface area contributed by atoms with Crippen LogP contribution in [0.2, 0.25) is 0 Å². The number of rotatable bonds is 2. The van der Waals surface area contributed by atoms with Gasteiger partial charge < -0.3 is 8.83 Å². The van der Waals surface area contributed by atoms with Gasteiger partial charge in [0.05, 0.1) is 0 Å². The van der Waals surface area contributed by atoms with E-state index >= 15 is 0 Å². The van der Waals surface area contributed by atoms with Gasteiger partial charge in [-0.05, 0) is 73.5 Å². The van der Waals surface area contributed by atoms with Gasteiger partial charge in [0.25, 0.3) is 0 Å². The predicted molar refractivity (Wildman–Crippen MR) is 102 cm³/mol. The maximum Gasteiger partial charge on any atom is 0.227 e. The quantitative estimate of drug-likeness (QED) is 0.400. The van der Waals surface area contributed by atoms with Crippen molar-refractivity contribution in [2.45, 2.75) is 13.8 Å². The lowest BCUT2D eigenvalue weighted by atomic mass is 10.1. The first-order valence-electron chi connectivity index (χ1n) is 8.51. The van der Waals surface area contributed by atoms with Gasteiger partial charge in [-0.15, -0.1) is 0 Å². The van der Waals surface area contributed by atoms with E-state index < -0.39 is 0 Å². The molecule has 2 aromatic heterocycles. The van der Waals surface area contributed by atoms with Crippen molar-refractivity contribution in [1.82, 2.24) is 9.97 Å². The Bertz CT molecular complexity index is 1150. The average Bonchev–Trinajstić information content (AvgIpc) is 3.25. The fourth-order valence-corrected chi connectivity index (χ4v) is 3.07. The molecule has 0 atom stereocenters. The molecule has 3 aromatic carbocycles. The molecule has 0 unspecified atom stereocenters. The van der Waals surface area contributed by atoms with Crippen LogP contribution in [0, 0.1) is 13.8 Å². The van der Waals surface area contributed by atoms with E-state index in [9.17, 15) is 0 Å². The van der Waals surface area contributed by atoms with E-state index in [4.69, 9.17) is 8.83 Å². The predicted octanol–water partition coefficient (Wildman–Crippen LogP) is 5.92. The third-order valence-corrected chi connectivity index (χ3v) is 4.47. The lowest BCUT2D eigenvalue weighted by Gasteiger charge is -1.97. The molecule has 5 rings (SSSR count). The lowest BCUT2D eigenvalue weighted by molar-refractivity contribution is 0.617. The summed E-state index contributed by atoms with van der Waals surface area (Å²) >= 11 is 0. The van der Waals surface area contributed by atoms with E-state index in [1.54, 1.807) is 0 Å². The molecule has 126 valence electrons. The van der Waals surface area contributed by atoms with Crippen molar-refractivity contribution in [3.8, 4) is 22.9 Å². The van der Waals surface area contributed by atoms with Crippen LogP contribution < -0.4 is 0 Å². The van der Waals surface area contributed by atoms with Crippen LogP contribution in [0.4, 0.5) is 0 Å². The molecule has 0 bridgehead atoms. The Balaban J connectivity index is 1.52. The summed E-state index contributed by atoms with van der Waals surface area (Å²) in [5.41, 5.74) is 7.50. The maximum absolute atomic E-state index is 5.89. The van der Waals surface area contributed by atoms with Crippen LogP contribution in [0.1, 0.15) is 11.1 Å². The van der Waals surface area contributed by atoms with Crippen LogP contribution in [0.15, 0.2) is 69.5 Å². The van der Waals surface area contributed by atoms with Crippen LogP contribution in [0.5, 0.6) is 0 Å². The Morgan fingerprint density at radius 1 is 0.577 bits per heavy atom. The lowest BCUT2D eigenvalue weighted by Crippen LogP contribution is -1.80. The highest BCUT2D eigenvalue weighted by molar-refractivity contribution is 5.78. The molecule has 0 fully saturated rings. The Labute approximate surface area is 150 Å². The van der Waals surface area contributed by atoms with Crippen molar-refractivity contribution in [3.05, 3.63) is 71.8 Å². The molecule has 5 aromatic rings. The second-order valence-corrected chi connectivity index (χ2v) is 6.56. The molecule has 0 saturated heterocycles. The number of hydrogen-bond acceptors (Lipinski definition) is 4. The molecule has 4 heteroatoms. The number of hydrogen-bond donors (Lipinski definition) is 0. The highest BCUT2D eigenvalue weighted by atomic mass is 16.4. The molecule has 0 aliphatic heterocycles. The molecule has 0 spiro atoms.